The van der Waals surface area contributed by atoms with Crippen LogP contribution in [-0.2, 0) is 12.8 Å². The third-order valence-electron chi connectivity index (χ3n) is 13.1. The number of nitrogens with zero attached hydrogens (tertiary/aromatic N) is 5. The van der Waals surface area contributed by atoms with Gasteiger partial charge in [0, 0.05) is 85.1 Å². The van der Waals surface area contributed by atoms with Gasteiger partial charge >= 0.3 is 5.97 Å². The molecule has 0 atom stereocenters. The number of fused-ring (bicyclic) bond motifs is 3. The van der Waals surface area contributed by atoms with E-state index in [1.54, 1.807) is 59.1 Å². The molecule has 0 unspecified atom stereocenters. The number of carbonyl (C=O) groups excluding carboxylic acids is 1. The van der Waals surface area contributed by atoms with Crippen LogP contribution in [0.25, 0.3) is 50.3 Å². The Labute approximate surface area is 422 Å². The Morgan fingerprint density at radius 2 is 1.52 bits per heavy atom. The molecule has 372 valence electrons. The first kappa shape index (κ1) is 49.5. The summed E-state index contributed by atoms with van der Waals surface area (Å²) in [5, 5.41) is 36.3. The van der Waals surface area contributed by atoms with E-state index >= 15 is 4.39 Å². The van der Waals surface area contributed by atoms with Crippen molar-refractivity contribution in [1.29, 1.82) is 0 Å². The average Bonchev–Trinajstić information content (AvgIpc) is 3.70. The predicted molar refractivity (Wildman–Crippen MR) is 282 cm³/mol. The van der Waals surface area contributed by atoms with Crippen molar-refractivity contribution in [1.82, 2.24) is 24.3 Å². The quantitative estimate of drug-likeness (QED) is 0.0348. The largest absolute Gasteiger partial charge is 0.508 e. The molecule has 0 spiro atoms. The maximum Gasteiger partial charge on any atom is 0.336 e. The van der Waals surface area contributed by atoms with E-state index in [9.17, 15) is 24.9 Å². The van der Waals surface area contributed by atoms with Gasteiger partial charge in [-0.05, 0) is 102 Å². The number of carboxylic acid groups (broad SMARTS) is 1. The van der Waals surface area contributed by atoms with Crippen molar-refractivity contribution in [2.45, 2.75) is 51.4 Å². The van der Waals surface area contributed by atoms with Crippen molar-refractivity contribution in [3.05, 3.63) is 178 Å². The van der Waals surface area contributed by atoms with E-state index < -0.39 is 11.8 Å². The summed E-state index contributed by atoms with van der Waals surface area (Å²) in [6, 6.07) is 37.8. The van der Waals surface area contributed by atoms with Crippen molar-refractivity contribution >= 4 is 34.2 Å². The van der Waals surface area contributed by atoms with Crippen LogP contribution < -0.4 is 24.9 Å². The Kier molecular flexibility index (Phi) is 14.8. The summed E-state index contributed by atoms with van der Waals surface area (Å²) >= 11 is 0. The molecule has 5 aromatic carbocycles. The Balaban J connectivity index is 0.764. The zero-order valence-corrected chi connectivity index (χ0v) is 41.4. The van der Waals surface area contributed by atoms with Crippen molar-refractivity contribution < 1.29 is 38.5 Å². The Hall–Kier alpha value is -8.52. The zero-order valence-electron chi connectivity index (χ0n) is 41.4. The summed E-state index contributed by atoms with van der Waals surface area (Å²) in [6.45, 7) is 0.829. The molecule has 0 fully saturated rings. The number of amides is 1. The van der Waals surface area contributed by atoms with Crippen LogP contribution in [0.3, 0.4) is 0 Å². The lowest BCUT2D eigenvalue weighted by molar-refractivity contribution is 0.0697. The van der Waals surface area contributed by atoms with Crippen molar-refractivity contribution in [3.8, 4) is 51.1 Å². The van der Waals surface area contributed by atoms with Crippen LogP contribution in [0.2, 0.25) is 0 Å². The number of ether oxygens (including phenoxy) is 1. The Morgan fingerprint density at radius 3 is 2.26 bits per heavy atom. The fourth-order valence-corrected chi connectivity index (χ4v) is 9.12. The van der Waals surface area contributed by atoms with E-state index in [1.807, 2.05) is 104 Å². The van der Waals surface area contributed by atoms with E-state index in [1.165, 1.54) is 12.1 Å². The Bertz CT molecular complexity index is 3510. The summed E-state index contributed by atoms with van der Waals surface area (Å²) in [7, 11) is 7.78. The number of anilines is 1. The third-order valence-corrected chi connectivity index (χ3v) is 13.1. The van der Waals surface area contributed by atoms with Crippen molar-refractivity contribution in [2.24, 2.45) is 0 Å². The van der Waals surface area contributed by atoms with Crippen LogP contribution in [0.5, 0.6) is 17.4 Å². The molecule has 1 aliphatic heterocycles. The molecule has 9 rings (SSSR count). The fourth-order valence-electron chi connectivity index (χ4n) is 9.12. The number of unbranched alkanes of at least 4 members (excludes halogenated alkanes) is 5. The second-order valence-electron chi connectivity index (χ2n) is 18.7. The van der Waals surface area contributed by atoms with Crippen LogP contribution in [0, 0.1) is 5.82 Å². The predicted octanol–water partition coefficient (Wildman–Crippen LogP) is 10.6. The second kappa shape index (κ2) is 21.9. The number of carboxylic acids is 1. The summed E-state index contributed by atoms with van der Waals surface area (Å²) in [5.41, 5.74) is 8.40. The summed E-state index contributed by atoms with van der Waals surface area (Å²) in [5.74, 6) is -1.03. The molecule has 0 bridgehead atoms. The average molecular weight is 982 g/mol. The standard InChI is InChI=1S/C59H57FN6O7/c1-64(2)41-20-25-45-53(34-41)73-54-35-42(65(3)4)21-26-46(54)55(45)47-33-40(19-24-44(47)59(70)71)57(68)61-28-12-7-5-6-8-13-29-72-52-27-16-38(30-48(52)60)32-50-58(69)66-36-51(39-17-22-43(67)23-18-39)62-49(56(66)63-50)31-37-14-10-9-11-15-37/h9-11,14-27,30,33-36H,5-8,12-13,28-29,31-32H2,1-4H3,(H3-,61,62,67,68,69,70,71)/p+1. The van der Waals surface area contributed by atoms with Gasteiger partial charge in [0.25, 0.3) is 5.91 Å². The van der Waals surface area contributed by atoms with Crippen LogP contribution >= 0.6 is 0 Å². The molecule has 1 amide bonds. The van der Waals surface area contributed by atoms with Crippen molar-refractivity contribution in [2.75, 3.05) is 46.2 Å². The van der Waals surface area contributed by atoms with Gasteiger partial charge in [-0.1, -0.05) is 62.1 Å². The molecule has 0 saturated carbocycles. The molecule has 13 nitrogen and oxygen atoms in total. The maximum atomic E-state index is 15.4. The van der Waals surface area contributed by atoms with Gasteiger partial charge in [-0.3, -0.25) is 9.20 Å². The smallest absolute Gasteiger partial charge is 0.336 e. The van der Waals surface area contributed by atoms with E-state index in [0.29, 0.717) is 75.9 Å². The molecule has 1 aliphatic carbocycles. The second-order valence-corrected chi connectivity index (χ2v) is 18.7. The SMILES string of the molecule is CN(C)c1ccc2c(-c3cc(C(=O)NCCCCCCCCOc4ccc(Cc5nc6c(Cc7ccccc7)nc(-c7ccc(O)cc7)cn6c5O)cc4F)ccc3C(=O)O)c3ccc(=[N+](C)C)cc-3oc2c1. The summed E-state index contributed by atoms with van der Waals surface area (Å²) in [6.07, 6.45) is 7.62. The molecule has 0 radical (unpaired) electrons. The highest BCUT2D eigenvalue weighted by molar-refractivity contribution is 6.09. The highest BCUT2D eigenvalue weighted by Crippen LogP contribution is 2.42. The molecule has 14 heteroatoms. The van der Waals surface area contributed by atoms with E-state index in [-0.39, 0.29) is 35.3 Å². The highest BCUT2D eigenvalue weighted by Gasteiger charge is 2.25. The van der Waals surface area contributed by atoms with Crippen LogP contribution in [0.4, 0.5) is 10.1 Å². The number of rotatable bonds is 19. The first-order valence-electron chi connectivity index (χ1n) is 24.5. The fraction of sp³-hybridized carbons (Fsp3) is 0.237. The van der Waals surface area contributed by atoms with E-state index in [4.69, 9.17) is 19.1 Å². The topological polar surface area (TPSA) is 166 Å². The number of aromatic nitrogens is 3. The lowest BCUT2D eigenvalue weighted by Crippen LogP contribution is -2.24. The minimum Gasteiger partial charge on any atom is -0.508 e. The minimum atomic E-state index is -1.10. The number of imidazole rings is 1. The number of carbonyl (C=O) groups is 2. The van der Waals surface area contributed by atoms with Gasteiger partial charge in [-0.2, -0.15) is 0 Å². The molecule has 4 N–H and O–H groups in total. The number of aromatic hydroxyl groups is 2. The molecule has 2 aromatic heterocycles. The van der Waals surface area contributed by atoms with Gasteiger partial charge in [0.2, 0.25) is 11.2 Å². The van der Waals surface area contributed by atoms with Gasteiger partial charge < -0.3 is 34.7 Å². The van der Waals surface area contributed by atoms with E-state index in [0.717, 1.165) is 71.6 Å². The van der Waals surface area contributed by atoms with Gasteiger partial charge in [0.05, 0.1) is 29.6 Å². The number of phenols is 1. The number of hydrogen-bond donors (Lipinski definition) is 4. The summed E-state index contributed by atoms with van der Waals surface area (Å²) in [4.78, 5) is 37.9. The molecule has 73 heavy (non-hydrogen) atoms. The molecular formula is C59H58FN6O7+. The first-order valence-corrected chi connectivity index (χ1v) is 24.5. The summed E-state index contributed by atoms with van der Waals surface area (Å²) < 4.78 is 31.2. The minimum absolute atomic E-state index is 0.0571. The van der Waals surface area contributed by atoms with Gasteiger partial charge in [-0.25, -0.2) is 23.7 Å². The monoisotopic (exact) mass is 981 g/mol. The van der Waals surface area contributed by atoms with Gasteiger partial charge in [0.1, 0.15) is 36.9 Å². The van der Waals surface area contributed by atoms with Crippen molar-refractivity contribution in [3.63, 3.8) is 0 Å². The number of halogens is 1. The Morgan fingerprint density at radius 1 is 0.767 bits per heavy atom. The van der Waals surface area contributed by atoms with Crippen LogP contribution in [0.15, 0.2) is 138 Å². The number of nitrogens with one attached hydrogen (secondary N) is 1. The lowest BCUT2D eigenvalue weighted by Gasteiger charge is -2.19. The number of hydrogen-bond acceptors (Lipinski definition) is 9. The zero-order chi connectivity index (χ0) is 51.2. The number of aromatic carboxylic acids is 1. The van der Waals surface area contributed by atoms with Crippen LogP contribution in [0.1, 0.15) is 81.8 Å². The molecular weight excluding hydrogens is 924 g/mol. The molecule has 7 aromatic rings. The van der Waals surface area contributed by atoms with E-state index in [2.05, 4.69) is 5.32 Å². The molecule has 0 saturated heterocycles. The molecule has 3 heterocycles. The highest BCUT2D eigenvalue weighted by atomic mass is 19.1. The maximum absolute atomic E-state index is 15.4. The van der Waals surface area contributed by atoms with Gasteiger partial charge in [-0.15, -0.1) is 0 Å². The normalized spacial score (nSPS) is 11.4. The van der Waals surface area contributed by atoms with Crippen LogP contribution in [-0.4, -0.2) is 82.9 Å². The van der Waals surface area contributed by atoms with Gasteiger partial charge in [0.15, 0.2) is 17.2 Å². The third kappa shape index (κ3) is 11.2. The lowest BCUT2D eigenvalue weighted by atomic mass is 9.89. The number of phenolic OH excluding ortho intramolecular Hbond substituents is 1. The molecule has 2 aliphatic rings. The first-order chi connectivity index (χ1) is 35.3. The number of benzene rings is 6.